The Bertz CT molecular complexity index is 1440. The summed E-state index contributed by atoms with van der Waals surface area (Å²) in [6.07, 6.45) is 4.80. The van der Waals surface area contributed by atoms with Gasteiger partial charge >= 0.3 is 6.09 Å². The van der Waals surface area contributed by atoms with Gasteiger partial charge in [0, 0.05) is 36.0 Å². The van der Waals surface area contributed by atoms with Crippen molar-refractivity contribution in [2.24, 2.45) is 0 Å². The molecule has 2 amide bonds. The molecule has 2 aliphatic heterocycles. The molecule has 40 heavy (non-hydrogen) atoms. The zero-order valence-electron chi connectivity index (χ0n) is 21.9. The number of morpholine rings is 1. The van der Waals surface area contributed by atoms with Gasteiger partial charge in [-0.25, -0.2) is 4.79 Å². The van der Waals surface area contributed by atoms with Crippen molar-refractivity contribution < 1.29 is 28.9 Å². The minimum Gasteiger partial charge on any atom is -0.493 e. The van der Waals surface area contributed by atoms with Gasteiger partial charge in [-0.15, -0.1) is 0 Å². The average molecular weight is 568 g/mol. The second-order valence-electron chi connectivity index (χ2n) is 10.1. The maximum Gasteiger partial charge on any atom is 0.407 e. The summed E-state index contributed by atoms with van der Waals surface area (Å²) in [7, 11) is 1.54. The number of pyridine rings is 1. The van der Waals surface area contributed by atoms with E-state index >= 15 is 0 Å². The number of hydrogen-bond acceptors (Lipinski definition) is 7. The van der Waals surface area contributed by atoms with Crippen molar-refractivity contribution in [3.63, 3.8) is 0 Å². The van der Waals surface area contributed by atoms with Crippen LogP contribution in [-0.4, -0.2) is 77.5 Å². The molecule has 12 heteroatoms. The van der Waals surface area contributed by atoms with E-state index < -0.39 is 12.2 Å². The van der Waals surface area contributed by atoms with Crippen LogP contribution in [0.5, 0.6) is 11.5 Å². The first-order chi connectivity index (χ1) is 19.4. The summed E-state index contributed by atoms with van der Waals surface area (Å²) < 4.78 is 17.5. The van der Waals surface area contributed by atoms with E-state index in [0.29, 0.717) is 57.9 Å². The molecule has 0 radical (unpaired) electrons. The lowest BCUT2D eigenvalue weighted by atomic mass is 9.91. The van der Waals surface area contributed by atoms with E-state index in [2.05, 4.69) is 20.6 Å². The van der Waals surface area contributed by atoms with E-state index in [9.17, 15) is 14.7 Å². The van der Waals surface area contributed by atoms with Crippen LogP contribution in [-0.2, 0) is 4.74 Å². The first kappa shape index (κ1) is 26.3. The SMILES string of the molecule is COc1c(Cl)cccc1Nc1c(-c2ccncc2OC[C@@H]2CN(C(=O)O)CCO2)[nH]c2c1C(=O)N[C@@H]1CCC[C@H]21. The topological polar surface area (TPSA) is 138 Å². The molecule has 1 saturated heterocycles. The molecule has 0 spiro atoms. The molecular formula is C28H30ClN5O6. The summed E-state index contributed by atoms with van der Waals surface area (Å²) in [5.41, 5.74) is 4.00. The van der Waals surface area contributed by atoms with Gasteiger partial charge in [0.1, 0.15) is 18.5 Å². The zero-order valence-corrected chi connectivity index (χ0v) is 22.7. The largest absolute Gasteiger partial charge is 0.493 e. The number of carbonyl (C=O) groups is 2. The molecule has 6 rings (SSSR count). The number of nitrogens with one attached hydrogen (secondary N) is 3. The lowest BCUT2D eigenvalue weighted by molar-refractivity contribution is -0.0411. The van der Waals surface area contributed by atoms with Crippen molar-refractivity contribution in [2.75, 3.05) is 38.7 Å². The number of nitrogens with zero attached hydrogens (tertiary/aromatic N) is 2. The Morgan fingerprint density at radius 2 is 2.20 bits per heavy atom. The maximum absolute atomic E-state index is 13.5. The number of amides is 2. The van der Waals surface area contributed by atoms with Crippen LogP contribution >= 0.6 is 11.6 Å². The van der Waals surface area contributed by atoms with Crippen molar-refractivity contribution in [1.29, 1.82) is 0 Å². The van der Waals surface area contributed by atoms with E-state index in [-0.39, 0.29) is 31.0 Å². The zero-order chi connectivity index (χ0) is 27.8. The maximum atomic E-state index is 13.5. The normalized spacial score (nSPS) is 21.8. The van der Waals surface area contributed by atoms with Crippen LogP contribution in [0.4, 0.5) is 16.2 Å². The predicted octanol–water partition coefficient (Wildman–Crippen LogP) is 4.62. The second kappa shape index (κ2) is 10.9. The van der Waals surface area contributed by atoms with Gasteiger partial charge in [0.25, 0.3) is 5.91 Å². The van der Waals surface area contributed by atoms with Crippen LogP contribution in [0, 0.1) is 0 Å². The quantitative estimate of drug-likeness (QED) is 0.324. The van der Waals surface area contributed by atoms with Gasteiger partial charge < -0.3 is 39.8 Å². The van der Waals surface area contributed by atoms with E-state index in [1.165, 1.54) is 4.90 Å². The number of hydrogen-bond donors (Lipinski definition) is 4. The Hall–Kier alpha value is -3.96. The lowest BCUT2D eigenvalue weighted by Gasteiger charge is -2.30. The van der Waals surface area contributed by atoms with Crippen LogP contribution in [0.15, 0.2) is 36.7 Å². The first-order valence-electron chi connectivity index (χ1n) is 13.3. The van der Waals surface area contributed by atoms with Gasteiger partial charge in [-0.1, -0.05) is 24.1 Å². The minimum atomic E-state index is -0.983. The van der Waals surface area contributed by atoms with Crippen LogP contribution in [0.1, 0.15) is 41.2 Å². The average Bonchev–Trinajstić information content (AvgIpc) is 3.57. The monoisotopic (exact) mass is 567 g/mol. The van der Waals surface area contributed by atoms with E-state index in [0.717, 1.165) is 25.0 Å². The second-order valence-corrected chi connectivity index (χ2v) is 10.5. The predicted molar refractivity (Wildman–Crippen MR) is 148 cm³/mol. The molecule has 4 N–H and O–H groups in total. The van der Waals surface area contributed by atoms with E-state index in [1.807, 2.05) is 18.2 Å². The third-order valence-electron chi connectivity index (χ3n) is 7.78. The number of H-pyrrole nitrogens is 1. The van der Waals surface area contributed by atoms with E-state index in [4.69, 9.17) is 25.8 Å². The number of methoxy groups -OCH3 is 1. The molecule has 11 nitrogen and oxygen atoms in total. The molecule has 3 aromatic rings. The first-order valence-corrected chi connectivity index (χ1v) is 13.6. The minimum absolute atomic E-state index is 0.0915. The number of aromatic nitrogens is 2. The number of fused-ring (bicyclic) bond motifs is 3. The number of aromatic amines is 1. The molecule has 1 saturated carbocycles. The molecule has 3 atom stereocenters. The summed E-state index contributed by atoms with van der Waals surface area (Å²) in [6.45, 7) is 0.978. The van der Waals surface area contributed by atoms with Crippen molar-refractivity contribution in [1.82, 2.24) is 20.2 Å². The number of anilines is 2. The number of para-hydroxylation sites is 1. The van der Waals surface area contributed by atoms with Crippen molar-refractivity contribution >= 4 is 35.0 Å². The summed E-state index contributed by atoms with van der Waals surface area (Å²) in [6, 6.07) is 7.30. The summed E-state index contributed by atoms with van der Waals surface area (Å²) >= 11 is 6.41. The fraction of sp³-hybridized carbons (Fsp3) is 0.393. The van der Waals surface area contributed by atoms with Crippen molar-refractivity contribution in [3.8, 4) is 22.8 Å². The summed E-state index contributed by atoms with van der Waals surface area (Å²) in [4.78, 5) is 34.0. The van der Waals surface area contributed by atoms with Gasteiger partial charge in [-0.05, 0) is 31.0 Å². The molecule has 2 aromatic heterocycles. The van der Waals surface area contributed by atoms with Gasteiger partial charge in [-0.3, -0.25) is 9.78 Å². The smallest absolute Gasteiger partial charge is 0.407 e. The third-order valence-corrected chi connectivity index (χ3v) is 8.08. The molecule has 1 aliphatic carbocycles. The van der Waals surface area contributed by atoms with Crippen molar-refractivity contribution in [2.45, 2.75) is 37.3 Å². The number of halogens is 1. The Labute approximate surface area is 235 Å². The highest BCUT2D eigenvalue weighted by atomic mass is 35.5. The van der Waals surface area contributed by atoms with Crippen LogP contribution in [0.25, 0.3) is 11.3 Å². The molecular weight excluding hydrogens is 538 g/mol. The fourth-order valence-electron chi connectivity index (χ4n) is 5.91. The number of carbonyl (C=O) groups excluding carboxylic acids is 1. The Morgan fingerprint density at radius 3 is 3.02 bits per heavy atom. The highest BCUT2D eigenvalue weighted by molar-refractivity contribution is 6.32. The summed E-state index contributed by atoms with van der Waals surface area (Å²) in [5.74, 6) is 0.961. The van der Waals surface area contributed by atoms with Crippen LogP contribution in [0.3, 0.4) is 0 Å². The Morgan fingerprint density at radius 1 is 1.32 bits per heavy atom. The summed E-state index contributed by atoms with van der Waals surface area (Å²) in [5, 5.41) is 16.4. The highest BCUT2D eigenvalue weighted by Crippen LogP contribution is 2.48. The molecule has 0 bridgehead atoms. The number of rotatable bonds is 7. The Kier molecular flexibility index (Phi) is 7.16. The molecule has 210 valence electrons. The van der Waals surface area contributed by atoms with Crippen LogP contribution < -0.4 is 20.1 Å². The van der Waals surface area contributed by atoms with Gasteiger partial charge in [0.05, 0.1) is 54.1 Å². The van der Waals surface area contributed by atoms with Gasteiger partial charge in [-0.2, -0.15) is 0 Å². The highest BCUT2D eigenvalue weighted by Gasteiger charge is 2.41. The third kappa shape index (κ3) is 4.79. The Balaban J connectivity index is 1.40. The fourth-order valence-corrected chi connectivity index (χ4v) is 6.16. The number of carboxylic acid groups (broad SMARTS) is 1. The van der Waals surface area contributed by atoms with Crippen molar-refractivity contribution in [3.05, 3.63) is 52.9 Å². The lowest BCUT2D eigenvalue weighted by Crippen LogP contribution is -2.47. The molecule has 3 aliphatic rings. The number of benzene rings is 1. The molecule has 1 aromatic carbocycles. The molecule has 0 unspecified atom stereocenters. The van der Waals surface area contributed by atoms with Gasteiger partial charge in [0.2, 0.25) is 0 Å². The molecule has 4 heterocycles. The standard InChI is InChI=1S/C28H30ClN5O6/c1-38-26-18(29)5-3-7-20(26)31-25-22-23(16-4-2-6-19(16)32-27(22)35)33-24(25)17-8-9-30-12-21(17)40-14-15-13-34(28(36)37)10-11-39-15/h3,5,7-9,12,15-16,19,31,33H,2,4,6,10-11,13-14H2,1H3,(H,32,35)(H,36,37)/t15-,16-,19+/m0/s1. The van der Waals surface area contributed by atoms with E-state index in [1.54, 1.807) is 25.6 Å². The molecule has 2 fully saturated rings. The van der Waals surface area contributed by atoms with Crippen LogP contribution in [0.2, 0.25) is 5.02 Å². The van der Waals surface area contributed by atoms with Gasteiger partial charge in [0.15, 0.2) is 5.75 Å². The number of ether oxygens (including phenoxy) is 3.